The second-order valence-electron chi connectivity index (χ2n) is 3.12. The van der Waals surface area contributed by atoms with Crippen molar-refractivity contribution >= 4 is 44.7 Å². The smallest absolute Gasteiger partial charge is 0.234 e. The van der Waals surface area contributed by atoms with Crippen molar-refractivity contribution in [3.8, 4) is 0 Å². The van der Waals surface area contributed by atoms with Gasteiger partial charge in [0.2, 0.25) is 5.91 Å². The van der Waals surface area contributed by atoms with Crippen molar-refractivity contribution in [2.24, 2.45) is 11.7 Å². The first kappa shape index (κ1) is 12.1. The standard InChI is InChI=1S/C10H11BrN2OS/c1-6(9(12)15)10(14)13-8-4-2-3-7(11)5-8/h2-6H,1H3,(H2,12,15)(H,13,14). The number of benzene rings is 1. The molecule has 0 saturated heterocycles. The third-order valence-corrected chi connectivity index (χ3v) is 2.76. The quantitative estimate of drug-likeness (QED) is 0.839. The van der Waals surface area contributed by atoms with E-state index >= 15 is 0 Å². The number of carbonyl (C=O) groups excluding carboxylic acids is 1. The van der Waals surface area contributed by atoms with Crippen LogP contribution in [0.3, 0.4) is 0 Å². The predicted molar refractivity (Wildman–Crippen MR) is 68.7 cm³/mol. The molecular formula is C10H11BrN2OS. The Morgan fingerprint density at radius 1 is 1.60 bits per heavy atom. The largest absolute Gasteiger partial charge is 0.393 e. The fourth-order valence-corrected chi connectivity index (χ4v) is 1.45. The summed E-state index contributed by atoms with van der Waals surface area (Å²) in [6.07, 6.45) is 0. The Balaban J connectivity index is 2.70. The molecule has 0 aliphatic heterocycles. The molecule has 3 N–H and O–H groups in total. The van der Waals surface area contributed by atoms with Gasteiger partial charge in [-0.05, 0) is 25.1 Å². The topological polar surface area (TPSA) is 55.1 Å². The monoisotopic (exact) mass is 286 g/mol. The Labute approximate surface area is 102 Å². The molecule has 0 aliphatic carbocycles. The van der Waals surface area contributed by atoms with E-state index in [1.165, 1.54) is 0 Å². The fraction of sp³-hybridized carbons (Fsp3) is 0.200. The molecule has 0 spiro atoms. The lowest BCUT2D eigenvalue weighted by Crippen LogP contribution is -2.30. The van der Waals surface area contributed by atoms with Gasteiger partial charge in [-0.3, -0.25) is 4.79 Å². The van der Waals surface area contributed by atoms with Crippen LogP contribution in [0, 0.1) is 5.92 Å². The molecule has 0 aliphatic rings. The Bertz CT molecular complexity index is 395. The van der Waals surface area contributed by atoms with Crippen molar-refractivity contribution < 1.29 is 4.79 Å². The summed E-state index contributed by atoms with van der Waals surface area (Å²) in [6.45, 7) is 1.68. The van der Waals surface area contributed by atoms with Gasteiger partial charge in [-0.25, -0.2) is 0 Å². The third kappa shape index (κ3) is 3.60. The van der Waals surface area contributed by atoms with E-state index in [0.717, 1.165) is 10.2 Å². The maximum Gasteiger partial charge on any atom is 0.234 e. The summed E-state index contributed by atoms with van der Waals surface area (Å²) in [5, 5.41) is 2.73. The van der Waals surface area contributed by atoms with Crippen LogP contribution in [-0.2, 0) is 4.79 Å². The molecule has 1 aromatic rings. The number of anilines is 1. The van der Waals surface area contributed by atoms with Crippen LogP contribution in [0.2, 0.25) is 0 Å². The highest BCUT2D eigenvalue weighted by Crippen LogP contribution is 2.16. The second-order valence-corrected chi connectivity index (χ2v) is 4.51. The van der Waals surface area contributed by atoms with Crippen LogP contribution in [0.15, 0.2) is 28.7 Å². The van der Waals surface area contributed by atoms with Crippen LogP contribution in [-0.4, -0.2) is 10.9 Å². The van der Waals surface area contributed by atoms with Crippen molar-refractivity contribution in [1.82, 2.24) is 0 Å². The number of nitrogens with two attached hydrogens (primary N) is 1. The zero-order valence-corrected chi connectivity index (χ0v) is 10.6. The Hall–Kier alpha value is -0.940. The number of hydrogen-bond donors (Lipinski definition) is 2. The van der Waals surface area contributed by atoms with Gasteiger partial charge in [0.1, 0.15) is 0 Å². The Morgan fingerprint density at radius 3 is 2.80 bits per heavy atom. The number of hydrogen-bond acceptors (Lipinski definition) is 2. The Kier molecular flexibility index (Phi) is 4.23. The molecule has 1 rings (SSSR count). The van der Waals surface area contributed by atoms with Gasteiger partial charge >= 0.3 is 0 Å². The number of halogens is 1. The van der Waals surface area contributed by atoms with E-state index in [-0.39, 0.29) is 10.9 Å². The molecule has 0 aromatic heterocycles. The maximum atomic E-state index is 11.6. The van der Waals surface area contributed by atoms with Crippen LogP contribution >= 0.6 is 28.1 Å². The summed E-state index contributed by atoms with van der Waals surface area (Å²) in [5.74, 6) is -0.653. The summed E-state index contributed by atoms with van der Waals surface area (Å²) in [6, 6.07) is 7.33. The zero-order valence-electron chi connectivity index (χ0n) is 8.16. The molecule has 1 atom stereocenters. The van der Waals surface area contributed by atoms with Gasteiger partial charge in [0.15, 0.2) is 0 Å². The van der Waals surface area contributed by atoms with Crippen LogP contribution in [0.1, 0.15) is 6.92 Å². The summed E-state index contributed by atoms with van der Waals surface area (Å²) < 4.78 is 0.906. The van der Waals surface area contributed by atoms with Crippen LogP contribution < -0.4 is 11.1 Å². The lowest BCUT2D eigenvalue weighted by molar-refractivity contribution is -0.117. The number of amides is 1. The molecule has 5 heteroatoms. The summed E-state index contributed by atoms with van der Waals surface area (Å²) in [4.78, 5) is 11.8. The normalized spacial score (nSPS) is 11.9. The number of carbonyl (C=O) groups is 1. The summed E-state index contributed by atoms with van der Waals surface area (Å²) in [5.41, 5.74) is 6.10. The molecule has 15 heavy (non-hydrogen) atoms. The highest BCUT2D eigenvalue weighted by Gasteiger charge is 2.15. The van der Waals surface area contributed by atoms with Crippen LogP contribution in [0.5, 0.6) is 0 Å². The van der Waals surface area contributed by atoms with Crippen molar-refractivity contribution in [2.75, 3.05) is 5.32 Å². The first-order valence-electron chi connectivity index (χ1n) is 4.36. The van der Waals surface area contributed by atoms with E-state index in [9.17, 15) is 4.79 Å². The Morgan fingerprint density at radius 2 is 2.27 bits per heavy atom. The molecule has 80 valence electrons. The second kappa shape index (κ2) is 5.23. The molecule has 0 saturated carbocycles. The molecule has 1 unspecified atom stereocenters. The van der Waals surface area contributed by atoms with Gasteiger partial charge in [0, 0.05) is 10.2 Å². The van der Waals surface area contributed by atoms with Gasteiger partial charge in [-0.1, -0.05) is 34.2 Å². The highest BCUT2D eigenvalue weighted by atomic mass is 79.9. The maximum absolute atomic E-state index is 11.6. The van der Waals surface area contributed by atoms with Crippen molar-refractivity contribution in [1.29, 1.82) is 0 Å². The van der Waals surface area contributed by atoms with E-state index in [0.29, 0.717) is 0 Å². The van der Waals surface area contributed by atoms with Gasteiger partial charge < -0.3 is 11.1 Å². The van der Waals surface area contributed by atoms with Gasteiger partial charge in [-0.15, -0.1) is 0 Å². The van der Waals surface area contributed by atoms with E-state index in [1.54, 1.807) is 13.0 Å². The van der Waals surface area contributed by atoms with E-state index in [2.05, 4.69) is 21.2 Å². The SMILES string of the molecule is CC(C(=O)Nc1cccc(Br)c1)C(N)=S. The molecule has 1 amide bonds. The van der Waals surface area contributed by atoms with Crippen molar-refractivity contribution in [2.45, 2.75) is 6.92 Å². The molecule has 0 radical (unpaired) electrons. The average molecular weight is 287 g/mol. The zero-order chi connectivity index (χ0) is 11.4. The van der Waals surface area contributed by atoms with Crippen molar-refractivity contribution in [3.05, 3.63) is 28.7 Å². The highest BCUT2D eigenvalue weighted by molar-refractivity contribution is 9.10. The predicted octanol–water partition coefficient (Wildman–Crippen LogP) is 2.31. The van der Waals surface area contributed by atoms with Gasteiger partial charge in [0.05, 0.1) is 10.9 Å². The molecule has 1 aromatic carbocycles. The van der Waals surface area contributed by atoms with Crippen molar-refractivity contribution in [3.63, 3.8) is 0 Å². The first-order valence-corrected chi connectivity index (χ1v) is 5.56. The molecule has 0 heterocycles. The van der Waals surface area contributed by atoms with Gasteiger partial charge in [-0.2, -0.15) is 0 Å². The molecule has 0 fully saturated rings. The minimum Gasteiger partial charge on any atom is -0.393 e. The summed E-state index contributed by atoms with van der Waals surface area (Å²) in [7, 11) is 0. The fourth-order valence-electron chi connectivity index (χ4n) is 0.946. The minimum atomic E-state index is -0.459. The number of rotatable bonds is 3. The lowest BCUT2D eigenvalue weighted by Gasteiger charge is -2.10. The third-order valence-electron chi connectivity index (χ3n) is 1.91. The van der Waals surface area contributed by atoms with Gasteiger partial charge in [0.25, 0.3) is 0 Å². The average Bonchev–Trinajstić information content (AvgIpc) is 2.16. The molecule has 3 nitrogen and oxygen atoms in total. The van der Waals surface area contributed by atoms with Crippen LogP contribution in [0.25, 0.3) is 0 Å². The number of thiocarbonyl (C=S) groups is 1. The van der Waals surface area contributed by atoms with E-state index < -0.39 is 5.92 Å². The summed E-state index contributed by atoms with van der Waals surface area (Å²) >= 11 is 8.06. The minimum absolute atomic E-state index is 0.194. The number of nitrogens with one attached hydrogen (secondary N) is 1. The first-order chi connectivity index (χ1) is 7.00. The molecular weight excluding hydrogens is 276 g/mol. The van der Waals surface area contributed by atoms with E-state index in [1.807, 2.05) is 18.2 Å². The molecule has 0 bridgehead atoms. The van der Waals surface area contributed by atoms with Crippen LogP contribution in [0.4, 0.5) is 5.69 Å². The lowest BCUT2D eigenvalue weighted by atomic mass is 10.1. The van der Waals surface area contributed by atoms with E-state index in [4.69, 9.17) is 18.0 Å².